The van der Waals surface area contributed by atoms with Crippen LogP contribution in [-0.4, -0.2) is 5.91 Å². The molecule has 0 atom stereocenters. The highest BCUT2D eigenvalue weighted by Gasteiger charge is 2.33. The van der Waals surface area contributed by atoms with E-state index in [1.165, 1.54) is 12.1 Å². The highest BCUT2D eigenvalue weighted by atomic mass is 35.5. The molecule has 0 saturated carbocycles. The molecule has 0 fully saturated rings. The van der Waals surface area contributed by atoms with E-state index in [4.69, 9.17) is 27.6 Å². The van der Waals surface area contributed by atoms with Crippen LogP contribution in [0.3, 0.4) is 0 Å². The number of hydrogen-bond donors (Lipinski definition) is 1. The van der Waals surface area contributed by atoms with E-state index < -0.39 is 22.7 Å². The summed E-state index contributed by atoms with van der Waals surface area (Å²) >= 11 is 11.4. The molecule has 8 heteroatoms. The molecular formula is C16H8Cl2F3NO2. The van der Waals surface area contributed by atoms with Gasteiger partial charge in [0, 0.05) is 16.1 Å². The highest BCUT2D eigenvalue weighted by Crippen LogP contribution is 2.36. The van der Waals surface area contributed by atoms with Crippen molar-refractivity contribution in [3.63, 3.8) is 0 Å². The fourth-order valence-electron chi connectivity index (χ4n) is 2.14. The summed E-state index contributed by atoms with van der Waals surface area (Å²) in [4.78, 5) is 12.2. The number of anilines is 1. The molecule has 1 aromatic heterocycles. The van der Waals surface area contributed by atoms with Gasteiger partial charge in [0.1, 0.15) is 5.58 Å². The number of rotatable bonds is 2. The minimum absolute atomic E-state index is 0.0456. The van der Waals surface area contributed by atoms with Crippen molar-refractivity contribution in [2.45, 2.75) is 6.18 Å². The van der Waals surface area contributed by atoms with Gasteiger partial charge in [-0.25, -0.2) is 0 Å². The van der Waals surface area contributed by atoms with Crippen molar-refractivity contribution in [1.29, 1.82) is 0 Å². The van der Waals surface area contributed by atoms with Crippen LogP contribution in [-0.2, 0) is 6.18 Å². The standard InChI is InChI=1S/C16H8Cl2F3NO2/c17-9-1-4-13-8(5-9)6-14(24-13)15(23)22-10-2-3-12(18)11(7-10)16(19,20)21/h1-7H,(H,22,23). The molecule has 3 aromatic rings. The molecule has 0 radical (unpaired) electrons. The molecule has 3 rings (SSSR count). The Morgan fingerprint density at radius 2 is 1.79 bits per heavy atom. The molecule has 1 amide bonds. The first kappa shape index (κ1) is 16.7. The van der Waals surface area contributed by atoms with Gasteiger partial charge in [-0.2, -0.15) is 13.2 Å². The maximum Gasteiger partial charge on any atom is 0.417 e. The van der Waals surface area contributed by atoms with Crippen LogP contribution < -0.4 is 5.32 Å². The van der Waals surface area contributed by atoms with Crippen molar-refractivity contribution in [1.82, 2.24) is 0 Å². The Morgan fingerprint density at radius 1 is 1.04 bits per heavy atom. The van der Waals surface area contributed by atoms with Gasteiger partial charge in [0.05, 0.1) is 10.6 Å². The first-order valence-electron chi connectivity index (χ1n) is 6.61. The number of fused-ring (bicyclic) bond motifs is 1. The Bertz CT molecular complexity index is 935. The molecule has 0 aliphatic heterocycles. The molecule has 0 bridgehead atoms. The van der Waals surface area contributed by atoms with Gasteiger partial charge in [-0.05, 0) is 42.5 Å². The average molecular weight is 374 g/mol. The third-order valence-corrected chi connectivity index (χ3v) is 3.80. The summed E-state index contributed by atoms with van der Waals surface area (Å²) in [5.74, 6) is -0.728. The van der Waals surface area contributed by atoms with Crippen molar-refractivity contribution in [2.24, 2.45) is 0 Å². The number of carbonyl (C=O) groups excluding carboxylic acids is 1. The van der Waals surface area contributed by atoms with Gasteiger partial charge < -0.3 is 9.73 Å². The van der Waals surface area contributed by atoms with Crippen LogP contribution in [0.1, 0.15) is 16.1 Å². The summed E-state index contributed by atoms with van der Waals surface area (Å²) < 4.78 is 43.9. The van der Waals surface area contributed by atoms with Crippen molar-refractivity contribution in [3.8, 4) is 0 Å². The average Bonchev–Trinajstić information content (AvgIpc) is 2.91. The van der Waals surface area contributed by atoms with Gasteiger partial charge in [0.15, 0.2) is 5.76 Å². The maximum atomic E-state index is 12.8. The second kappa shape index (κ2) is 6.03. The fraction of sp³-hybridized carbons (Fsp3) is 0.0625. The topological polar surface area (TPSA) is 42.2 Å². The zero-order chi connectivity index (χ0) is 17.5. The molecule has 1 heterocycles. The quantitative estimate of drug-likeness (QED) is 0.597. The normalized spacial score (nSPS) is 11.7. The lowest BCUT2D eigenvalue weighted by Gasteiger charge is -2.11. The number of carbonyl (C=O) groups is 1. The van der Waals surface area contributed by atoms with Crippen LogP contribution in [0.5, 0.6) is 0 Å². The smallest absolute Gasteiger partial charge is 0.417 e. The van der Waals surface area contributed by atoms with Crippen LogP contribution in [0.25, 0.3) is 11.0 Å². The second-order valence-corrected chi connectivity index (χ2v) is 5.78. The number of benzene rings is 2. The summed E-state index contributed by atoms with van der Waals surface area (Å²) in [7, 11) is 0. The summed E-state index contributed by atoms with van der Waals surface area (Å²) in [6.07, 6.45) is -4.62. The summed E-state index contributed by atoms with van der Waals surface area (Å²) in [6, 6.07) is 9.37. The molecule has 0 saturated heterocycles. The van der Waals surface area contributed by atoms with E-state index in [-0.39, 0.29) is 11.4 Å². The van der Waals surface area contributed by atoms with Crippen molar-refractivity contribution < 1.29 is 22.4 Å². The van der Waals surface area contributed by atoms with E-state index in [9.17, 15) is 18.0 Å². The van der Waals surface area contributed by atoms with Crippen molar-refractivity contribution in [3.05, 3.63) is 63.8 Å². The number of furan rings is 1. The number of hydrogen-bond acceptors (Lipinski definition) is 2. The van der Waals surface area contributed by atoms with Crippen LogP contribution in [0.4, 0.5) is 18.9 Å². The van der Waals surface area contributed by atoms with Gasteiger partial charge in [-0.1, -0.05) is 23.2 Å². The maximum absolute atomic E-state index is 12.8. The van der Waals surface area contributed by atoms with Crippen molar-refractivity contribution >= 4 is 45.8 Å². The van der Waals surface area contributed by atoms with Gasteiger partial charge in [0.25, 0.3) is 5.91 Å². The van der Waals surface area contributed by atoms with Gasteiger partial charge in [-0.3, -0.25) is 4.79 Å². The predicted octanol–water partition coefficient (Wildman–Crippen LogP) is 6.01. The van der Waals surface area contributed by atoms with Gasteiger partial charge >= 0.3 is 6.18 Å². The molecule has 0 aliphatic carbocycles. The Hall–Kier alpha value is -2.18. The lowest BCUT2D eigenvalue weighted by atomic mass is 10.2. The van der Waals surface area contributed by atoms with Gasteiger partial charge in [0.2, 0.25) is 0 Å². The zero-order valence-electron chi connectivity index (χ0n) is 11.7. The first-order chi connectivity index (χ1) is 11.2. The number of amides is 1. The Balaban J connectivity index is 1.88. The molecule has 1 N–H and O–H groups in total. The van der Waals surface area contributed by atoms with Crippen LogP contribution in [0.15, 0.2) is 46.9 Å². The number of halogens is 5. The molecular weight excluding hydrogens is 366 g/mol. The third kappa shape index (κ3) is 3.34. The Kier molecular flexibility index (Phi) is 4.19. The monoisotopic (exact) mass is 373 g/mol. The molecule has 0 aliphatic rings. The number of nitrogens with one attached hydrogen (secondary N) is 1. The van der Waals surface area contributed by atoms with Crippen molar-refractivity contribution in [2.75, 3.05) is 5.32 Å². The van der Waals surface area contributed by atoms with Crippen LogP contribution in [0.2, 0.25) is 10.0 Å². The molecule has 0 unspecified atom stereocenters. The SMILES string of the molecule is O=C(Nc1ccc(Cl)c(C(F)(F)F)c1)c1cc2cc(Cl)ccc2o1. The van der Waals surface area contributed by atoms with Crippen LogP contribution in [0, 0.1) is 0 Å². The lowest BCUT2D eigenvalue weighted by Crippen LogP contribution is -2.12. The van der Waals surface area contributed by atoms with E-state index in [0.29, 0.717) is 16.0 Å². The number of alkyl halides is 3. The highest BCUT2D eigenvalue weighted by molar-refractivity contribution is 6.31. The third-order valence-electron chi connectivity index (χ3n) is 3.23. The second-order valence-electron chi connectivity index (χ2n) is 4.94. The minimum Gasteiger partial charge on any atom is -0.451 e. The molecule has 24 heavy (non-hydrogen) atoms. The summed E-state index contributed by atoms with van der Waals surface area (Å²) in [5.41, 5.74) is -0.634. The van der Waals surface area contributed by atoms with E-state index >= 15 is 0 Å². The van der Waals surface area contributed by atoms with Crippen LogP contribution >= 0.6 is 23.2 Å². The minimum atomic E-state index is -4.62. The summed E-state index contributed by atoms with van der Waals surface area (Å²) in [6.45, 7) is 0. The van der Waals surface area contributed by atoms with E-state index in [1.807, 2.05) is 0 Å². The molecule has 2 aromatic carbocycles. The largest absolute Gasteiger partial charge is 0.451 e. The fourth-order valence-corrected chi connectivity index (χ4v) is 2.54. The lowest BCUT2D eigenvalue weighted by molar-refractivity contribution is -0.137. The molecule has 3 nitrogen and oxygen atoms in total. The van der Waals surface area contributed by atoms with E-state index in [0.717, 1.165) is 12.1 Å². The van der Waals surface area contributed by atoms with E-state index in [1.54, 1.807) is 18.2 Å². The zero-order valence-corrected chi connectivity index (χ0v) is 13.3. The molecule has 124 valence electrons. The Labute approximate surface area is 144 Å². The summed E-state index contributed by atoms with van der Waals surface area (Å²) in [5, 5.41) is 2.99. The Morgan fingerprint density at radius 3 is 2.50 bits per heavy atom. The van der Waals surface area contributed by atoms with E-state index in [2.05, 4.69) is 5.32 Å². The van der Waals surface area contributed by atoms with Gasteiger partial charge in [-0.15, -0.1) is 0 Å². The first-order valence-corrected chi connectivity index (χ1v) is 7.37. The molecule has 0 spiro atoms. The predicted molar refractivity (Wildman–Crippen MR) is 85.6 cm³/mol.